The fraction of sp³-hybridized carbons (Fsp3) is 0.682. The lowest BCUT2D eigenvalue weighted by atomic mass is 9.95. The van der Waals surface area contributed by atoms with Gasteiger partial charge in [-0.15, -0.1) is 0 Å². The number of aliphatic hydroxyl groups excluding tert-OH is 6. The average molecular weight is 504 g/mol. The van der Waals surface area contributed by atoms with Gasteiger partial charge in [0.2, 0.25) is 5.91 Å². The van der Waals surface area contributed by atoms with Crippen LogP contribution in [-0.2, 0) is 23.7 Å². The van der Waals surface area contributed by atoms with Gasteiger partial charge in [0.15, 0.2) is 12.6 Å². The van der Waals surface area contributed by atoms with Gasteiger partial charge in [0.05, 0.1) is 19.8 Å². The fourth-order valence-electron chi connectivity index (χ4n) is 3.94. The summed E-state index contributed by atoms with van der Waals surface area (Å²) in [5.74, 6) is 0.126. The molecule has 2 heterocycles. The number of hydrogen-bond acceptors (Lipinski definition) is 12. The molecular formula is C22H33NO12. The Morgan fingerprint density at radius 3 is 2.17 bits per heavy atom. The van der Waals surface area contributed by atoms with Crippen LogP contribution in [0.5, 0.6) is 5.75 Å². The number of para-hydroxylation sites is 1. The number of nitrogens with one attached hydrogen (secondary N) is 1. The molecule has 0 aromatic heterocycles. The number of hydrogen-bond donors (Lipinski definition) is 7. The maximum Gasteiger partial charge on any atom is 0.217 e. The number of benzene rings is 1. The Morgan fingerprint density at radius 1 is 0.886 bits per heavy atom. The van der Waals surface area contributed by atoms with E-state index in [2.05, 4.69) is 5.32 Å². The molecule has 1 aromatic carbocycles. The molecule has 2 saturated heterocycles. The van der Waals surface area contributed by atoms with Crippen LogP contribution >= 0.6 is 0 Å². The molecule has 7 unspecified atom stereocenters. The van der Waals surface area contributed by atoms with E-state index >= 15 is 0 Å². The molecule has 13 nitrogen and oxygen atoms in total. The van der Waals surface area contributed by atoms with Crippen LogP contribution in [0.3, 0.4) is 0 Å². The second kappa shape index (κ2) is 12.9. The monoisotopic (exact) mass is 503 g/mol. The van der Waals surface area contributed by atoms with Gasteiger partial charge in [0.1, 0.15) is 61.1 Å². The maximum absolute atomic E-state index is 11.8. The molecule has 1 aromatic rings. The molecule has 1 amide bonds. The molecule has 0 radical (unpaired) electrons. The third-order valence-electron chi connectivity index (χ3n) is 5.74. The first kappa shape index (κ1) is 27.7. The molecule has 2 aliphatic heterocycles. The van der Waals surface area contributed by atoms with Crippen molar-refractivity contribution >= 4 is 5.91 Å². The third kappa shape index (κ3) is 6.86. The first-order valence-electron chi connectivity index (χ1n) is 11.2. The molecule has 13 heteroatoms. The van der Waals surface area contributed by atoms with Crippen molar-refractivity contribution in [3.05, 3.63) is 30.3 Å². The second-order valence-corrected chi connectivity index (χ2v) is 8.27. The zero-order valence-corrected chi connectivity index (χ0v) is 19.1. The maximum atomic E-state index is 11.8. The molecule has 7 N–H and O–H groups in total. The molecule has 3 rings (SSSR count). The highest BCUT2D eigenvalue weighted by molar-refractivity contribution is 5.73. The summed E-state index contributed by atoms with van der Waals surface area (Å²) in [5.41, 5.74) is 0. The van der Waals surface area contributed by atoms with E-state index in [9.17, 15) is 35.4 Å². The molecule has 10 atom stereocenters. The van der Waals surface area contributed by atoms with E-state index in [0.717, 1.165) is 0 Å². The summed E-state index contributed by atoms with van der Waals surface area (Å²) >= 11 is 0. The predicted octanol–water partition coefficient (Wildman–Crippen LogP) is -3.15. The van der Waals surface area contributed by atoms with Crippen molar-refractivity contribution in [1.29, 1.82) is 0 Å². The number of ether oxygens (including phenoxy) is 5. The first-order valence-corrected chi connectivity index (χ1v) is 11.2. The number of rotatable bonds is 10. The van der Waals surface area contributed by atoms with Crippen LogP contribution in [-0.4, -0.2) is 124 Å². The van der Waals surface area contributed by atoms with E-state index in [1.165, 1.54) is 6.92 Å². The van der Waals surface area contributed by atoms with Crippen molar-refractivity contribution in [3.8, 4) is 5.75 Å². The van der Waals surface area contributed by atoms with Crippen molar-refractivity contribution in [2.75, 3.05) is 26.4 Å². The van der Waals surface area contributed by atoms with Crippen LogP contribution in [0.25, 0.3) is 0 Å². The number of carbonyl (C=O) groups is 1. The van der Waals surface area contributed by atoms with Crippen LogP contribution in [0.2, 0.25) is 0 Å². The standard InChI is InChI=1S/C22H33NO12/c1-11(26)23-15-17(28)20(35-22-19(30)18(29)16(27)13(9-24)33-22)14(10-25)34-21(15)32-8-7-31-12-5-3-2-4-6-12/h2-6,13-22,24-25,27-30H,7-10H2,1H3,(H,23,26)/t13?,14?,15-,16?,17?,18?,19-,20-,21?,22?/m1/s1. The molecule has 2 aliphatic rings. The Bertz CT molecular complexity index is 783. The summed E-state index contributed by atoms with van der Waals surface area (Å²) in [6.45, 7) is 0.0910. The smallest absolute Gasteiger partial charge is 0.217 e. The summed E-state index contributed by atoms with van der Waals surface area (Å²) in [7, 11) is 0. The van der Waals surface area contributed by atoms with Gasteiger partial charge < -0.3 is 59.6 Å². The van der Waals surface area contributed by atoms with E-state index < -0.39 is 80.5 Å². The Hall–Kier alpha value is -1.91. The minimum absolute atomic E-state index is 0.0265. The highest BCUT2D eigenvalue weighted by atomic mass is 16.7. The average Bonchev–Trinajstić information content (AvgIpc) is 2.85. The van der Waals surface area contributed by atoms with E-state index in [1.54, 1.807) is 12.1 Å². The van der Waals surface area contributed by atoms with Crippen LogP contribution in [0.4, 0.5) is 0 Å². The number of carbonyl (C=O) groups excluding carboxylic acids is 1. The summed E-state index contributed by atoms with van der Waals surface area (Å²) in [6.07, 6.45) is -13.1. The highest BCUT2D eigenvalue weighted by Gasteiger charge is 2.51. The highest BCUT2D eigenvalue weighted by Crippen LogP contribution is 2.29. The fourth-order valence-corrected chi connectivity index (χ4v) is 3.94. The van der Waals surface area contributed by atoms with Gasteiger partial charge in [0.25, 0.3) is 0 Å². The van der Waals surface area contributed by atoms with E-state index in [1.807, 2.05) is 18.2 Å². The van der Waals surface area contributed by atoms with Crippen molar-refractivity contribution in [1.82, 2.24) is 5.32 Å². The van der Waals surface area contributed by atoms with Crippen LogP contribution in [0, 0.1) is 0 Å². The molecule has 0 bridgehead atoms. The lowest BCUT2D eigenvalue weighted by Gasteiger charge is -2.47. The lowest BCUT2D eigenvalue weighted by Crippen LogP contribution is -2.67. The predicted molar refractivity (Wildman–Crippen MR) is 116 cm³/mol. The van der Waals surface area contributed by atoms with Gasteiger partial charge in [0, 0.05) is 6.92 Å². The van der Waals surface area contributed by atoms with Crippen LogP contribution < -0.4 is 10.1 Å². The molecule has 0 spiro atoms. The van der Waals surface area contributed by atoms with E-state index in [-0.39, 0.29) is 13.2 Å². The normalized spacial score (nSPS) is 37.6. The zero-order chi connectivity index (χ0) is 25.5. The Labute approximate surface area is 201 Å². The third-order valence-corrected chi connectivity index (χ3v) is 5.74. The van der Waals surface area contributed by atoms with Gasteiger partial charge in [-0.2, -0.15) is 0 Å². The van der Waals surface area contributed by atoms with Crippen molar-refractivity contribution in [3.63, 3.8) is 0 Å². The number of aliphatic hydroxyl groups is 6. The minimum Gasteiger partial charge on any atom is -0.491 e. The molecule has 0 saturated carbocycles. The molecule has 0 aliphatic carbocycles. The van der Waals surface area contributed by atoms with Crippen molar-refractivity contribution in [2.24, 2.45) is 0 Å². The Morgan fingerprint density at radius 2 is 1.54 bits per heavy atom. The van der Waals surface area contributed by atoms with Crippen molar-refractivity contribution < 1.29 is 59.1 Å². The summed E-state index contributed by atoms with van der Waals surface area (Å²) in [6, 6.07) is 7.86. The zero-order valence-electron chi connectivity index (χ0n) is 19.1. The van der Waals surface area contributed by atoms with Gasteiger partial charge in [-0.3, -0.25) is 4.79 Å². The Kier molecular flexibility index (Phi) is 10.2. The van der Waals surface area contributed by atoms with E-state index in [0.29, 0.717) is 5.75 Å². The summed E-state index contributed by atoms with van der Waals surface area (Å²) < 4.78 is 27.9. The minimum atomic E-state index is -1.73. The van der Waals surface area contributed by atoms with Crippen LogP contribution in [0.1, 0.15) is 6.92 Å². The van der Waals surface area contributed by atoms with Crippen molar-refractivity contribution in [2.45, 2.75) is 68.3 Å². The topological polar surface area (TPSA) is 197 Å². The largest absolute Gasteiger partial charge is 0.491 e. The van der Waals surface area contributed by atoms with Crippen LogP contribution in [0.15, 0.2) is 30.3 Å². The van der Waals surface area contributed by atoms with E-state index in [4.69, 9.17) is 23.7 Å². The SMILES string of the molecule is CC(=O)N[C@H]1C(OCCOc2ccccc2)OC(CO)[C@@H](OC2OC(CO)C(O)C(O)[C@H]2O)C1O. The molecule has 35 heavy (non-hydrogen) atoms. The quantitative estimate of drug-likeness (QED) is 0.159. The molecule has 2 fully saturated rings. The Balaban J connectivity index is 1.67. The summed E-state index contributed by atoms with van der Waals surface area (Å²) in [4.78, 5) is 11.8. The lowest BCUT2D eigenvalue weighted by molar-refractivity contribution is -0.348. The first-order chi connectivity index (χ1) is 16.8. The summed E-state index contributed by atoms with van der Waals surface area (Å²) in [5, 5.41) is 63.0. The van der Waals surface area contributed by atoms with Gasteiger partial charge in [-0.05, 0) is 12.1 Å². The van der Waals surface area contributed by atoms with Gasteiger partial charge in [-0.1, -0.05) is 18.2 Å². The second-order valence-electron chi connectivity index (χ2n) is 8.27. The number of amides is 1. The molecular weight excluding hydrogens is 470 g/mol. The van der Waals surface area contributed by atoms with Gasteiger partial charge in [-0.25, -0.2) is 0 Å². The van der Waals surface area contributed by atoms with Gasteiger partial charge >= 0.3 is 0 Å². The molecule has 198 valence electrons.